The van der Waals surface area contributed by atoms with Crippen LogP contribution in [0.5, 0.6) is 11.6 Å². The molecule has 0 aliphatic rings. The van der Waals surface area contributed by atoms with E-state index in [1.807, 2.05) is 12.1 Å². The summed E-state index contributed by atoms with van der Waals surface area (Å²) in [6.07, 6.45) is 2.77. The Hall–Kier alpha value is -2.40. The molecular formula is C16H19N3O2. The lowest BCUT2D eigenvalue weighted by Gasteiger charge is -2.10. The molecule has 3 N–H and O–H groups in total. The molecular weight excluding hydrogens is 266 g/mol. The average Bonchev–Trinajstić information content (AvgIpc) is 2.50. The molecule has 5 heteroatoms. The number of nitrogens with one attached hydrogen (secondary N) is 1. The van der Waals surface area contributed by atoms with E-state index in [1.165, 1.54) is 0 Å². The normalized spacial score (nSPS) is 10.3. The zero-order valence-corrected chi connectivity index (χ0v) is 12.0. The highest BCUT2D eigenvalue weighted by Gasteiger charge is 2.06. The van der Waals surface area contributed by atoms with Crippen LogP contribution in [-0.2, 0) is 6.54 Å². The van der Waals surface area contributed by atoms with Gasteiger partial charge < -0.3 is 15.8 Å². The number of carbonyl (C=O) groups excluding carboxylic acids is 1. The number of carbonyl (C=O) groups is 1. The Morgan fingerprint density at radius 3 is 2.71 bits per heavy atom. The lowest BCUT2D eigenvalue weighted by Crippen LogP contribution is -2.14. The Morgan fingerprint density at radius 1 is 1.29 bits per heavy atom. The number of aromatic nitrogens is 1. The Bertz CT molecular complexity index is 597. The second-order valence-corrected chi connectivity index (χ2v) is 4.64. The van der Waals surface area contributed by atoms with Crippen LogP contribution in [0.2, 0.25) is 0 Å². The predicted octanol–water partition coefficient (Wildman–Crippen LogP) is 2.47. The van der Waals surface area contributed by atoms with E-state index in [4.69, 9.17) is 10.5 Å². The van der Waals surface area contributed by atoms with Gasteiger partial charge in [-0.2, -0.15) is 0 Å². The van der Waals surface area contributed by atoms with E-state index in [0.717, 1.165) is 18.5 Å². The van der Waals surface area contributed by atoms with E-state index in [1.54, 1.807) is 30.5 Å². The molecule has 1 aromatic heterocycles. The van der Waals surface area contributed by atoms with Crippen LogP contribution in [0.1, 0.15) is 29.3 Å². The molecule has 0 atom stereocenters. The molecule has 0 bridgehead atoms. The van der Waals surface area contributed by atoms with Crippen LogP contribution in [0.3, 0.4) is 0 Å². The summed E-state index contributed by atoms with van der Waals surface area (Å²) in [6, 6.07) is 10.5. The molecule has 0 saturated carbocycles. The van der Waals surface area contributed by atoms with Crippen molar-refractivity contribution in [1.82, 2.24) is 10.3 Å². The number of hydrogen-bond donors (Lipinski definition) is 2. The fourth-order valence-corrected chi connectivity index (χ4v) is 1.85. The molecule has 0 unspecified atom stereocenters. The van der Waals surface area contributed by atoms with Crippen molar-refractivity contribution in [1.29, 1.82) is 0 Å². The van der Waals surface area contributed by atoms with Gasteiger partial charge in [-0.05, 0) is 43.3 Å². The molecule has 110 valence electrons. The molecule has 2 rings (SSSR count). The van der Waals surface area contributed by atoms with Crippen molar-refractivity contribution in [3.8, 4) is 11.6 Å². The Morgan fingerprint density at radius 2 is 2.05 bits per heavy atom. The molecule has 0 aliphatic carbocycles. The molecule has 5 nitrogen and oxygen atoms in total. The summed E-state index contributed by atoms with van der Waals surface area (Å²) in [7, 11) is 0. The molecule has 2 aromatic rings. The molecule has 21 heavy (non-hydrogen) atoms. The summed E-state index contributed by atoms with van der Waals surface area (Å²) in [5, 5.41) is 3.32. The van der Waals surface area contributed by atoms with Gasteiger partial charge in [-0.1, -0.05) is 13.0 Å². The first kappa shape index (κ1) is 15.0. The zero-order chi connectivity index (χ0) is 15.1. The number of hydrogen-bond acceptors (Lipinski definition) is 4. The third kappa shape index (κ3) is 4.29. The number of nitrogens with zero attached hydrogens (tertiary/aromatic N) is 1. The quantitative estimate of drug-likeness (QED) is 0.766. The Labute approximate surface area is 124 Å². The van der Waals surface area contributed by atoms with Crippen LogP contribution in [-0.4, -0.2) is 17.4 Å². The third-order valence-electron chi connectivity index (χ3n) is 2.95. The van der Waals surface area contributed by atoms with E-state index >= 15 is 0 Å². The van der Waals surface area contributed by atoms with Crippen LogP contribution in [0.25, 0.3) is 0 Å². The Balaban J connectivity index is 2.09. The highest BCUT2D eigenvalue weighted by Crippen LogP contribution is 2.23. The van der Waals surface area contributed by atoms with Gasteiger partial charge in [0, 0.05) is 23.9 Å². The predicted molar refractivity (Wildman–Crippen MR) is 81.3 cm³/mol. The summed E-state index contributed by atoms with van der Waals surface area (Å²) >= 11 is 0. The fourth-order valence-electron chi connectivity index (χ4n) is 1.85. The molecule has 0 fully saturated rings. The van der Waals surface area contributed by atoms with Crippen molar-refractivity contribution in [2.75, 3.05) is 6.54 Å². The number of primary amides is 1. The van der Waals surface area contributed by atoms with Crippen LogP contribution in [0, 0.1) is 0 Å². The van der Waals surface area contributed by atoms with E-state index in [-0.39, 0.29) is 0 Å². The van der Waals surface area contributed by atoms with Crippen molar-refractivity contribution >= 4 is 5.91 Å². The maximum Gasteiger partial charge on any atom is 0.248 e. The van der Waals surface area contributed by atoms with Gasteiger partial charge >= 0.3 is 0 Å². The minimum absolute atomic E-state index is 0.452. The van der Waals surface area contributed by atoms with Gasteiger partial charge in [0.05, 0.1) is 0 Å². The first-order valence-corrected chi connectivity index (χ1v) is 6.93. The van der Waals surface area contributed by atoms with Crippen molar-refractivity contribution in [3.05, 3.63) is 53.7 Å². The summed E-state index contributed by atoms with van der Waals surface area (Å²) in [6.45, 7) is 3.77. The second-order valence-electron chi connectivity index (χ2n) is 4.64. The summed E-state index contributed by atoms with van der Waals surface area (Å²) < 4.78 is 5.77. The van der Waals surface area contributed by atoms with Crippen LogP contribution >= 0.6 is 0 Å². The molecule has 0 radical (unpaired) electrons. The lowest BCUT2D eigenvalue weighted by molar-refractivity contribution is 0.100. The molecule has 0 saturated heterocycles. The molecule has 0 aliphatic heterocycles. The maximum atomic E-state index is 11.0. The first-order valence-electron chi connectivity index (χ1n) is 6.93. The number of rotatable bonds is 7. The van der Waals surface area contributed by atoms with Crippen molar-refractivity contribution in [3.63, 3.8) is 0 Å². The number of pyridine rings is 1. The smallest absolute Gasteiger partial charge is 0.248 e. The topological polar surface area (TPSA) is 77.2 Å². The third-order valence-corrected chi connectivity index (χ3v) is 2.95. The van der Waals surface area contributed by atoms with Gasteiger partial charge in [-0.15, -0.1) is 0 Å². The van der Waals surface area contributed by atoms with Crippen LogP contribution in [0.15, 0.2) is 42.6 Å². The Kier molecular flexibility index (Phi) is 5.29. The SMILES string of the molecule is CCCNCc1cccnc1Oc1ccc(C(N)=O)cc1. The second kappa shape index (κ2) is 7.40. The van der Waals surface area contributed by atoms with Crippen molar-refractivity contribution < 1.29 is 9.53 Å². The monoisotopic (exact) mass is 285 g/mol. The summed E-state index contributed by atoms with van der Waals surface area (Å²) in [4.78, 5) is 15.3. The lowest BCUT2D eigenvalue weighted by atomic mass is 10.2. The van der Waals surface area contributed by atoms with Gasteiger partial charge in [0.1, 0.15) is 5.75 Å². The fraction of sp³-hybridized carbons (Fsp3) is 0.250. The number of nitrogens with two attached hydrogens (primary N) is 1. The number of ether oxygens (including phenoxy) is 1. The zero-order valence-electron chi connectivity index (χ0n) is 12.0. The number of benzene rings is 1. The highest BCUT2D eigenvalue weighted by molar-refractivity contribution is 5.92. The maximum absolute atomic E-state index is 11.0. The summed E-state index contributed by atoms with van der Waals surface area (Å²) in [5.41, 5.74) is 6.65. The van der Waals surface area contributed by atoms with Crippen LogP contribution in [0.4, 0.5) is 0 Å². The molecule has 0 spiro atoms. The highest BCUT2D eigenvalue weighted by atomic mass is 16.5. The van der Waals surface area contributed by atoms with Crippen LogP contribution < -0.4 is 15.8 Å². The van der Waals surface area contributed by atoms with Gasteiger partial charge in [-0.3, -0.25) is 4.79 Å². The van der Waals surface area contributed by atoms with Crippen molar-refractivity contribution in [2.24, 2.45) is 5.73 Å². The minimum atomic E-state index is -0.455. The van der Waals surface area contributed by atoms with E-state index < -0.39 is 5.91 Å². The largest absolute Gasteiger partial charge is 0.439 e. The van der Waals surface area contributed by atoms with Gasteiger partial charge in [0.15, 0.2) is 0 Å². The van der Waals surface area contributed by atoms with Gasteiger partial charge in [-0.25, -0.2) is 4.98 Å². The first-order chi connectivity index (χ1) is 10.2. The van der Waals surface area contributed by atoms with Crippen molar-refractivity contribution in [2.45, 2.75) is 19.9 Å². The molecule has 1 amide bonds. The summed E-state index contributed by atoms with van der Waals surface area (Å²) in [5.74, 6) is 0.729. The standard InChI is InChI=1S/C16H19N3O2/c1-2-9-18-11-13-4-3-10-19-16(13)21-14-7-5-12(6-8-14)15(17)20/h3-8,10,18H,2,9,11H2,1H3,(H2,17,20). The van der Waals surface area contributed by atoms with E-state index in [9.17, 15) is 4.79 Å². The minimum Gasteiger partial charge on any atom is -0.439 e. The number of amides is 1. The molecule has 1 aromatic carbocycles. The van der Waals surface area contributed by atoms with E-state index in [2.05, 4.69) is 17.2 Å². The molecule has 1 heterocycles. The van der Waals surface area contributed by atoms with Gasteiger partial charge in [0.25, 0.3) is 0 Å². The average molecular weight is 285 g/mol. The van der Waals surface area contributed by atoms with E-state index in [0.29, 0.717) is 23.7 Å². The van der Waals surface area contributed by atoms with Gasteiger partial charge in [0.2, 0.25) is 11.8 Å².